The lowest BCUT2D eigenvalue weighted by Crippen LogP contribution is -2.28. The van der Waals surface area contributed by atoms with Crippen molar-refractivity contribution in [1.29, 1.82) is 0 Å². The van der Waals surface area contributed by atoms with Gasteiger partial charge in [-0.3, -0.25) is 0 Å². The van der Waals surface area contributed by atoms with Gasteiger partial charge in [-0.15, -0.1) is 0 Å². The molecule has 0 spiro atoms. The Morgan fingerprint density at radius 3 is 1.66 bits per heavy atom. The Hall–Kier alpha value is -8.92. The molecule has 0 saturated heterocycles. The molecule has 3 saturated carbocycles. The average molecular weight is 1100 g/mol. The summed E-state index contributed by atoms with van der Waals surface area (Å²) >= 11 is 0. The monoisotopic (exact) mass is 1100 g/mol. The third kappa shape index (κ3) is 10.3. The standard InChI is InChI=1S/C82H74N2O/c1-55-19-23-66(24-20-55)75(67-33-29-60(30-34-67)58-11-5-3-6-12-58)51-56-21-49-81-77(53-56)73-15-9-17-79(73)83(81)70-43-37-64(38-44-70)62-25-27-63(28-26-62)65-39-45-71(46-40-65)84-80-18-10-16-74(80)78-54-57(22-50-82(78)84)52-76(69-41-47-72(85-2)48-42-69)68-35-31-61(32-36-68)59-13-7-4-8-14-59/h4,7-8,13-14,19-53,58,73,79-80H,3,5-6,9-12,15-18,54H2,1-2H3/b75-51+,76-52-. The number of aryl methyl sites for hydroxylation is 1. The molecule has 3 fully saturated rings. The average Bonchev–Trinajstić information content (AvgIpc) is 2.21. The van der Waals surface area contributed by atoms with E-state index in [-0.39, 0.29) is 0 Å². The van der Waals surface area contributed by atoms with Crippen LogP contribution in [0.1, 0.15) is 133 Å². The van der Waals surface area contributed by atoms with Crippen LogP contribution < -0.4 is 14.5 Å². The van der Waals surface area contributed by atoms with E-state index in [1.807, 2.05) is 0 Å². The zero-order valence-corrected chi connectivity index (χ0v) is 49.2. The number of hydrogen-bond acceptors (Lipinski definition) is 3. The first-order valence-corrected chi connectivity index (χ1v) is 31.5. The molecule has 3 atom stereocenters. The Bertz CT molecular complexity index is 4060. The lowest BCUT2D eigenvalue weighted by molar-refractivity contribution is 0.415. The van der Waals surface area contributed by atoms with Gasteiger partial charge in [-0.2, -0.15) is 0 Å². The highest BCUT2D eigenvalue weighted by molar-refractivity contribution is 5.92. The summed E-state index contributed by atoms with van der Waals surface area (Å²) in [6, 6.07) is 83.0. The number of methoxy groups -OCH3 is 1. The number of hydrogen-bond donors (Lipinski definition) is 0. The maximum atomic E-state index is 5.56. The van der Waals surface area contributed by atoms with Gasteiger partial charge in [-0.05, 0) is 225 Å². The van der Waals surface area contributed by atoms with E-state index >= 15 is 0 Å². The summed E-state index contributed by atoms with van der Waals surface area (Å²) in [6.45, 7) is 2.18. The fourth-order valence-corrected chi connectivity index (χ4v) is 15.3. The van der Waals surface area contributed by atoms with Gasteiger partial charge < -0.3 is 14.5 Å². The molecule has 0 N–H and O–H groups in total. The summed E-state index contributed by atoms with van der Waals surface area (Å²) in [7, 11) is 1.73. The van der Waals surface area contributed by atoms with Crippen molar-refractivity contribution in [3.8, 4) is 39.1 Å². The minimum absolute atomic E-state index is 0.416. The smallest absolute Gasteiger partial charge is 0.118 e. The number of ether oxygens (including phenoxy) is 1. The van der Waals surface area contributed by atoms with E-state index < -0.39 is 0 Å². The van der Waals surface area contributed by atoms with Crippen molar-refractivity contribution in [3.63, 3.8) is 0 Å². The topological polar surface area (TPSA) is 15.7 Å². The fourth-order valence-electron chi connectivity index (χ4n) is 15.3. The molecular weight excluding hydrogens is 1030 g/mol. The minimum Gasteiger partial charge on any atom is -0.497 e. The molecule has 418 valence electrons. The third-order valence-corrected chi connectivity index (χ3v) is 19.8. The fraction of sp³-hybridized carbons (Fsp3) is 0.220. The molecule has 3 nitrogen and oxygen atoms in total. The van der Waals surface area contributed by atoms with Crippen molar-refractivity contribution >= 4 is 34.3 Å². The number of fused-ring (bicyclic) bond motifs is 5. The first-order valence-electron chi connectivity index (χ1n) is 31.5. The molecule has 3 unspecified atom stereocenters. The van der Waals surface area contributed by atoms with Gasteiger partial charge in [0, 0.05) is 34.7 Å². The van der Waals surface area contributed by atoms with Crippen molar-refractivity contribution in [2.45, 2.75) is 108 Å². The van der Waals surface area contributed by atoms with Crippen molar-refractivity contribution in [3.05, 3.63) is 304 Å². The van der Waals surface area contributed by atoms with Crippen LogP contribution in [-0.2, 0) is 0 Å². The van der Waals surface area contributed by atoms with E-state index in [1.54, 1.807) is 12.7 Å². The van der Waals surface area contributed by atoms with Crippen LogP contribution in [0.2, 0.25) is 0 Å². The van der Waals surface area contributed by atoms with Gasteiger partial charge in [0.1, 0.15) is 5.75 Å². The van der Waals surface area contributed by atoms with Gasteiger partial charge in [-0.25, -0.2) is 0 Å². The molecule has 2 aliphatic heterocycles. The molecule has 2 heterocycles. The zero-order valence-electron chi connectivity index (χ0n) is 49.2. The van der Waals surface area contributed by atoms with Crippen LogP contribution in [-0.4, -0.2) is 19.2 Å². The number of benzene rings is 9. The first-order chi connectivity index (χ1) is 42.0. The van der Waals surface area contributed by atoms with Crippen molar-refractivity contribution in [2.75, 3.05) is 16.9 Å². The van der Waals surface area contributed by atoms with Crippen molar-refractivity contribution in [2.24, 2.45) is 0 Å². The molecule has 85 heavy (non-hydrogen) atoms. The number of nitrogens with zero attached hydrogens (tertiary/aromatic N) is 2. The van der Waals surface area contributed by atoms with Crippen LogP contribution in [0, 0.1) is 6.92 Å². The summed E-state index contributed by atoms with van der Waals surface area (Å²) in [5, 5.41) is 0. The van der Waals surface area contributed by atoms with Crippen LogP contribution in [0.4, 0.5) is 17.1 Å². The van der Waals surface area contributed by atoms with Crippen LogP contribution in [0.25, 0.3) is 50.6 Å². The Balaban J connectivity index is 0.652. The molecule has 4 aliphatic carbocycles. The molecule has 0 aromatic heterocycles. The van der Waals surface area contributed by atoms with Crippen LogP contribution in [0.3, 0.4) is 0 Å². The van der Waals surface area contributed by atoms with Gasteiger partial charge in [-0.1, -0.05) is 213 Å². The molecular formula is C82H74N2O. The van der Waals surface area contributed by atoms with E-state index in [0.717, 1.165) is 12.2 Å². The van der Waals surface area contributed by atoms with Crippen LogP contribution in [0.5, 0.6) is 5.75 Å². The van der Waals surface area contributed by atoms with E-state index in [2.05, 4.69) is 259 Å². The Morgan fingerprint density at radius 2 is 1.02 bits per heavy atom. The third-order valence-electron chi connectivity index (χ3n) is 19.8. The van der Waals surface area contributed by atoms with E-state index in [1.165, 1.54) is 194 Å². The van der Waals surface area contributed by atoms with Gasteiger partial charge in [0.15, 0.2) is 0 Å². The van der Waals surface area contributed by atoms with Crippen LogP contribution >= 0.6 is 0 Å². The lowest BCUT2D eigenvalue weighted by Gasteiger charge is -2.29. The van der Waals surface area contributed by atoms with E-state index in [9.17, 15) is 0 Å². The molecule has 9 aromatic carbocycles. The Labute approximate surface area is 503 Å². The summed E-state index contributed by atoms with van der Waals surface area (Å²) < 4.78 is 5.56. The van der Waals surface area contributed by atoms with Crippen molar-refractivity contribution in [1.82, 2.24) is 0 Å². The maximum absolute atomic E-state index is 5.56. The van der Waals surface area contributed by atoms with Crippen molar-refractivity contribution < 1.29 is 4.74 Å². The summed E-state index contributed by atoms with van der Waals surface area (Å²) in [5.74, 6) is 2.12. The molecule has 0 bridgehead atoms. The SMILES string of the molecule is COc1ccc(/C(=C\C2=CC=C3C(=C4CCCC4N3c3ccc(-c4ccc(-c5ccc(N6c7ccc(/C=C(\c8ccc(C)cc8)c8ccc(C9CCCCC9)cc8)cc7C7CCCC76)cc5)cc4)cc3)C2)c2ccc(-c3ccccc3)cc2)cc1. The predicted molar refractivity (Wildman–Crippen MR) is 357 cm³/mol. The molecule has 3 heteroatoms. The normalized spacial score (nSPS) is 19.3. The second-order valence-corrected chi connectivity index (χ2v) is 24.8. The summed E-state index contributed by atoms with van der Waals surface area (Å²) in [6.07, 6.45) is 24.6. The first kappa shape index (κ1) is 52.9. The quantitative estimate of drug-likeness (QED) is 0.107. The molecule has 0 amide bonds. The van der Waals surface area contributed by atoms with Crippen LogP contribution in [0.15, 0.2) is 259 Å². The summed E-state index contributed by atoms with van der Waals surface area (Å²) in [4.78, 5) is 5.30. The Morgan fingerprint density at radius 1 is 0.471 bits per heavy atom. The van der Waals surface area contributed by atoms with E-state index in [4.69, 9.17) is 4.74 Å². The minimum atomic E-state index is 0.416. The Kier molecular flexibility index (Phi) is 14.3. The second-order valence-electron chi connectivity index (χ2n) is 24.8. The largest absolute Gasteiger partial charge is 0.497 e. The van der Waals surface area contributed by atoms with E-state index in [0.29, 0.717) is 23.9 Å². The highest BCUT2D eigenvalue weighted by atomic mass is 16.5. The number of allylic oxidation sites excluding steroid dienone is 5. The summed E-state index contributed by atoms with van der Waals surface area (Å²) in [5.41, 5.74) is 30.3. The predicted octanol–water partition coefficient (Wildman–Crippen LogP) is 21.4. The molecule has 6 aliphatic rings. The van der Waals surface area contributed by atoms with Gasteiger partial charge >= 0.3 is 0 Å². The maximum Gasteiger partial charge on any atom is 0.118 e. The second kappa shape index (κ2) is 22.9. The highest BCUT2D eigenvalue weighted by Gasteiger charge is 2.43. The number of anilines is 3. The zero-order chi connectivity index (χ0) is 56.8. The number of rotatable bonds is 13. The lowest BCUT2D eigenvalue weighted by atomic mass is 9.83. The van der Waals surface area contributed by atoms with Gasteiger partial charge in [0.05, 0.1) is 13.2 Å². The molecule has 15 rings (SSSR count). The highest BCUT2D eigenvalue weighted by Crippen LogP contribution is 2.54. The molecule has 9 aromatic rings. The van der Waals surface area contributed by atoms with Gasteiger partial charge in [0.2, 0.25) is 0 Å². The van der Waals surface area contributed by atoms with Gasteiger partial charge in [0.25, 0.3) is 0 Å². The molecule has 0 radical (unpaired) electrons.